The highest BCUT2D eigenvalue weighted by molar-refractivity contribution is 6.17. The fourth-order valence-electron chi connectivity index (χ4n) is 4.32. The van der Waals surface area contributed by atoms with Crippen molar-refractivity contribution >= 4 is 22.9 Å². The maximum Gasteiger partial charge on any atom is 0.241 e. The molecule has 0 aromatic heterocycles. The van der Waals surface area contributed by atoms with Crippen LogP contribution < -0.4 is 20.4 Å². The number of benzene rings is 4. The molecule has 0 aliphatic heterocycles. The summed E-state index contributed by atoms with van der Waals surface area (Å²) in [4.78, 5) is 39.0. The highest BCUT2D eigenvalue weighted by Crippen LogP contribution is 2.39. The predicted octanol–water partition coefficient (Wildman–Crippen LogP) is 4.28. The Labute approximate surface area is 242 Å². The molecule has 6 N–H and O–H groups in total. The standard InChI is InChI=1S/C32H32N2O8/c1-19-15-16-24(33-31(3,37)38)26(17-19)41-42-30-25(34-32(4,39)40)18-23(28(35)21-11-7-5-8-12-21)20(2)27(30)29(36)22-13-9-6-10-14-22/h5-18,33-34,37-40H,1-4H3. The van der Waals surface area contributed by atoms with Crippen LogP contribution in [0.4, 0.5) is 11.4 Å². The van der Waals surface area contributed by atoms with Gasteiger partial charge in [-0.05, 0) is 43.2 Å². The topological polar surface area (TPSA) is 158 Å². The molecular formula is C32H32N2O8. The largest absolute Gasteiger partial charge is 0.349 e. The first kappa shape index (κ1) is 30.2. The summed E-state index contributed by atoms with van der Waals surface area (Å²) in [5.41, 5.74) is 1.74. The first-order chi connectivity index (χ1) is 19.7. The number of hydrogen-bond donors (Lipinski definition) is 6. The van der Waals surface area contributed by atoms with Gasteiger partial charge in [0.25, 0.3) is 0 Å². The molecule has 4 aromatic carbocycles. The maximum absolute atomic E-state index is 14.0. The summed E-state index contributed by atoms with van der Waals surface area (Å²) >= 11 is 0. The zero-order valence-electron chi connectivity index (χ0n) is 23.5. The zero-order valence-corrected chi connectivity index (χ0v) is 23.5. The number of carbonyl (C=O) groups is 2. The van der Waals surface area contributed by atoms with Crippen LogP contribution in [0.25, 0.3) is 0 Å². The minimum atomic E-state index is -2.49. The van der Waals surface area contributed by atoms with Crippen molar-refractivity contribution in [2.24, 2.45) is 0 Å². The van der Waals surface area contributed by atoms with E-state index < -0.39 is 23.4 Å². The van der Waals surface area contributed by atoms with Crippen LogP contribution in [-0.4, -0.2) is 43.8 Å². The van der Waals surface area contributed by atoms with Gasteiger partial charge in [-0.3, -0.25) is 19.4 Å². The summed E-state index contributed by atoms with van der Waals surface area (Å²) in [6.07, 6.45) is 0. The Kier molecular flexibility index (Phi) is 8.64. The van der Waals surface area contributed by atoms with E-state index in [0.717, 1.165) is 19.4 Å². The number of rotatable bonds is 11. The summed E-state index contributed by atoms with van der Waals surface area (Å²) in [7, 11) is 0. The molecule has 10 nitrogen and oxygen atoms in total. The lowest BCUT2D eigenvalue weighted by Crippen LogP contribution is -2.34. The first-order valence-electron chi connectivity index (χ1n) is 13.0. The monoisotopic (exact) mass is 572 g/mol. The minimum absolute atomic E-state index is 0.0336. The van der Waals surface area contributed by atoms with Crippen molar-refractivity contribution in [2.75, 3.05) is 10.6 Å². The van der Waals surface area contributed by atoms with Gasteiger partial charge in [-0.25, -0.2) is 0 Å². The van der Waals surface area contributed by atoms with Crippen LogP contribution in [-0.2, 0) is 0 Å². The van der Waals surface area contributed by atoms with Gasteiger partial charge in [-0.15, -0.1) is 0 Å². The number of aryl methyl sites for hydroxylation is 1. The lowest BCUT2D eigenvalue weighted by molar-refractivity contribution is -0.123. The molecule has 4 aromatic rings. The molecule has 0 aliphatic carbocycles. The van der Waals surface area contributed by atoms with E-state index in [9.17, 15) is 30.0 Å². The van der Waals surface area contributed by atoms with E-state index in [1.165, 1.54) is 6.07 Å². The SMILES string of the molecule is Cc1ccc(NC(C)(O)O)c(OOc2c(NC(C)(O)O)cc(C(=O)c3ccccc3)c(C)c2C(=O)c2ccccc2)c1. The molecule has 0 spiro atoms. The molecule has 0 fully saturated rings. The van der Waals surface area contributed by atoms with Crippen molar-refractivity contribution in [3.05, 3.63) is 118 Å². The van der Waals surface area contributed by atoms with Crippen molar-refractivity contribution in [1.82, 2.24) is 0 Å². The molecular weight excluding hydrogens is 540 g/mol. The van der Waals surface area contributed by atoms with Crippen molar-refractivity contribution in [2.45, 2.75) is 39.5 Å². The molecule has 0 atom stereocenters. The second-order valence-corrected chi connectivity index (χ2v) is 10.1. The highest BCUT2D eigenvalue weighted by atomic mass is 17.2. The third-order valence-electron chi connectivity index (χ3n) is 6.18. The molecule has 0 aliphatic rings. The van der Waals surface area contributed by atoms with E-state index in [0.29, 0.717) is 5.56 Å². The lowest BCUT2D eigenvalue weighted by Gasteiger charge is -2.25. The Balaban J connectivity index is 1.92. The summed E-state index contributed by atoms with van der Waals surface area (Å²) in [6, 6.07) is 22.9. The van der Waals surface area contributed by atoms with E-state index in [4.69, 9.17) is 9.78 Å². The third-order valence-corrected chi connectivity index (χ3v) is 6.18. The van der Waals surface area contributed by atoms with Crippen LogP contribution in [0.2, 0.25) is 0 Å². The van der Waals surface area contributed by atoms with E-state index >= 15 is 0 Å². The third kappa shape index (κ3) is 7.31. The van der Waals surface area contributed by atoms with Gasteiger partial charge in [0.2, 0.25) is 23.3 Å². The molecule has 0 unspecified atom stereocenters. The quantitative estimate of drug-likeness (QED) is 0.0663. The number of nitrogens with one attached hydrogen (secondary N) is 2. The Hall–Kier alpha value is -4.74. The van der Waals surface area contributed by atoms with Gasteiger partial charge in [-0.2, -0.15) is 0 Å². The van der Waals surface area contributed by atoms with Crippen molar-refractivity contribution < 1.29 is 39.8 Å². The number of carbonyl (C=O) groups excluding carboxylic acids is 2. The number of hydrogen-bond acceptors (Lipinski definition) is 10. The van der Waals surface area contributed by atoms with Gasteiger partial charge in [0.05, 0.1) is 16.9 Å². The second-order valence-electron chi connectivity index (χ2n) is 10.1. The van der Waals surface area contributed by atoms with Crippen LogP contribution in [0, 0.1) is 13.8 Å². The maximum atomic E-state index is 14.0. The molecule has 0 bridgehead atoms. The van der Waals surface area contributed by atoms with E-state index in [2.05, 4.69) is 10.6 Å². The summed E-state index contributed by atoms with van der Waals surface area (Å²) in [5.74, 6) is -5.90. The Morgan fingerprint density at radius 1 is 0.667 bits per heavy atom. The molecule has 4 rings (SSSR count). The summed E-state index contributed by atoms with van der Waals surface area (Å²) < 4.78 is 0. The fourth-order valence-corrected chi connectivity index (χ4v) is 4.32. The number of anilines is 2. The normalized spacial score (nSPS) is 11.5. The van der Waals surface area contributed by atoms with E-state index in [-0.39, 0.29) is 45.1 Å². The number of ketones is 2. The van der Waals surface area contributed by atoms with Crippen molar-refractivity contribution in [3.63, 3.8) is 0 Å². The van der Waals surface area contributed by atoms with Gasteiger partial charge in [0.15, 0.2) is 11.6 Å². The average molecular weight is 573 g/mol. The average Bonchev–Trinajstić information content (AvgIpc) is 2.93. The van der Waals surface area contributed by atoms with E-state index in [1.807, 2.05) is 0 Å². The lowest BCUT2D eigenvalue weighted by atomic mass is 9.90. The Morgan fingerprint density at radius 3 is 1.74 bits per heavy atom. The molecule has 0 radical (unpaired) electrons. The van der Waals surface area contributed by atoms with Crippen LogP contribution >= 0.6 is 0 Å². The summed E-state index contributed by atoms with van der Waals surface area (Å²) in [6.45, 7) is 5.54. The van der Waals surface area contributed by atoms with Crippen molar-refractivity contribution in [1.29, 1.82) is 0 Å². The van der Waals surface area contributed by atoms with Crippen LogP contribution in [0.3, 0.4) is 0 Å². The molecule has 0 saturated heterocycles. The number of aliphatic hydroxyl groups is 4. The summed E-state index contributed by atoms with van der Waals surface area (Å²) in [5, 5.41) is 45.3. The highest BCUT2D eigenvalue weighted by Gasteiger charge is 2.30. The van der Waals surface area contributed by atoms with Crippen molar-refractivity contribution in [3.8, 4) is 11.5 Å². The molecule has 0 saturated carbocycles. The predicted molar refractivity (Wildman–Crippen MR) is 156 cm³/mol. The minimum Gasteiger partial charge on any atom is -0.349 e. The Bertz CT molecular complexity index is 1590. The van der Waals surface area contributed by atoms with Gasteiger partial charge in [0.1, 0.15) is 0 Å². The van der Waals surface area contributed by atoms with Gasteiger partial charge >= 0.3 is 0 Å². The molecule has 0 amide bonds. The molecule has 10 heteroatoms. The molecule has 0 heterocycles. The zero-order chi connectivity index (χ0) is 30.7. The fraction of sp³-hybridized carbons (Fsp3) is 0.188. The second kappa shape index (κ2) is 12.0. The molecule has 218 valence electrons. The van der Waals surface area contributed by atoms with Gasteiger partial charge < -0.3 is 31.1 Å². The van der Waals surface area contributed by atoms with Crippen LogP contribution in [0.15, 0.2) is 84.9 Å². The Morgan fingerprint density at radius 2 is 1.19 bits per heavy atom. The smallest absolute Gasteiger partial charge is 0.241 e. The van der Waals surface area contributed by atoms with Crippen LogP contribution in [0.5, 0.6) is 11.5 Å². The van der Waals surface area contributed by atoms with Gasteiger partial charge in [0, 0.05) is 30.5 Å². The molecule has 42 heavy (non-hydrogen) atoms. The first-order valence-corrected chi connectivity index (χ1v) is 13.0. The van der Waals surface area contributed by atoms with E-state index in [1.54, 1.807) is 92.7 Å². The van der Waals surface area contributed by atoms with Crippen LogP contribution in [0.1, 0.15) is 56.8 Å². The van der Waals surface area contributed by atoms with Gasteiger partial charge in [-0.1, -0.05) is 66.7 Å².